The van der Waals surface area contributed by atoms with E-state index in [0.29, 0.717) is 24.5 Å². The van der Waals surface area contributed by atoms with Crippen molar-refractivity contribution in [1.82, 2.24) is 9.88 Å². The number of nitrogens with zero attached hydrogens (tertiary/aromatic N) is 2. The summed E-state index contributed by atoms with van der Waals surface area (Å²) in [5, 5.41) is 9.77. The third kappa shape index (κ3) is 2.90. The lowest BCUT2D eigenvalue weighted by Gasteiger charge is -2.30. The second-order valence-electron chi connectivity index (χ2n) is 4.26. The predicted octanol–water partition coefficient (Wildman–Crippen LogP) is 0.617. The Morgan fingerprint density at radius 2 is 2.39 bits per heavy atom. The summed E-state index contributed by atoms with van der Waals surface area (Å²) in [7, 11) is 0. The first-order valence-corrected chi connectivity index (χ1v) is 6.09. The zero-order valence-electron chi connectivity index (χ0n) is 9.77. The number of nitrogens with one attached hydrogen (secondary N) is 1. The summed E-state index contributed by atoms with van der Waals surface area (Å²) in [5.41, 5.74) is 2.77. The number of aliphatic hydroxyl groups excluding tert-OH is 1. The zero-order chi connectivity index (χ0) is 13.1. The van der Waals surface area contributed by atoms with Crippen LogP contribution < -0.4 is 11.3 Å². The largest absolute Gasteiger partial charge is 0.391 e. The van der Waals surface area contributed by atoms with Crippen molar-refractivity contribution in [1.29, 1.82) is 0 Å². The van der Waals surface area contributed by atoms with Gasteiger partial charge in [-0.25, -0.2) is 10.8 Å². The molecule has 1 aromatic heterocycles. The van der Waals surface area contributed by atoms with Crippen LogP contribution in [0.5, 0.6) is 0 Å². The number of anilines is 1. The van der Waals surface area contributed by atoms with Gasteiger partial charge in [-0.05, 0) is 25.0 Å². The Hall–Kier alpha value is -1.37. The Labute approximate surface area is 110 Å². The molecule has 0 saturated carbocycles. The molecule has 1 aliphatic rings. The molecule has 0 aliphatic carbocycles. The lowest BCUT2D eigenvalue weighted by Crippen LogP contribution is -2.42. The van der Waals surface area contributed by atoms with E-state index in [1.165, 1.54) is 12.1 Å². The maximum Gasteiger partial charge on any atom is 0.254 e. The molecule has 1 aliphatic heterocycles. The fraction of sp³-hybridized carbons (Fsp3) is 0.455. The Balaban J connectivity index is 2.19. The van der Waals surface area contributed by atoms with Crippen LogP contribution in [0, 0.1) is 0 Å². The number of piperidine rings is 1. The third-order valence-electron chi connectivity index (χ3n) is 2.87. The van der Waals surface area contributed by atoms with Crippen LogP contribution >= 0.6 is 11.6 Å². The number of nitrogens with two attached hydrogens (primary N) is 1. The summed E-state index contributed by atoms with van der Waals surface area (Å²) in [4.78, 5) is 17.7. The number of aliphatic hydroxyl groups is 1. The molecule has 0 bridgehead atoms. The van der Waals surface area contributed by atoms with E-state index in [0.717, 1.165) is 12.8 Å². The van der Waals surface area contributed by atoms with E-state index >= 15 is 0 Å². The van der Waals surface area contributed by atoms with Gasteiger partial charge < -0.3 is 15.4 Å². The molecule has 1 fully saturated rings. The molecule has 0 spiro atoms. The summed E-state index contributed by atoms with van der Waals surface area (Å²) < 4.78 is 0. The Bertz CT molecular complexity index is 455. The van der Waals surface area contributed by atoms with E-state index < -0.39 is 6.10 Å². The van der Waals surface area contributed by atoms with Crippen LogP contribution in [-0.4, -0.2) is 40.1 Å². The maximum absolute atomic E-state index is 12.2. The number of β-amino-alcohol motifs (C(OH)–C–C–N with tert-alkyl or cyclic N) is 1. The number of rotatable bonds is 2. The second kappa shape index (κ2) is 5.51. The van der Waals surface area contributed by atoms with Gasteiger partial charge >= 0.3 is 0 Å². The number of likely N-dealkylation sites (tertiary alicyclic amines) is 1. The number of carbonyl (C=O) groups excluding carboxylic acids is 1. The first kappa shape index (κ1) is 13.1. The van der Waals surface area contributed by atoms with Crippen molar-refractivity contribution in [2.45, 2.75) is 18.9 Å². The van der Waals surface area contributed by atoms with Crippen LogP contribution in [0.3, 0.4) is 0 Å². The predicted molar refractivity (Wildman–Crippen MR) is 68.2 cm³/mol. The van der Waals surface area contributed by atoms with Crippen molar-refractivity contribution < 1.29 is 9.90 Å². The van der Waals surface area contributed by atoms with E-state index in [2.05, 4.69) is 10.4 Å². The van der Waals surface area contributed by atoms with Gasteiger partial charge in [-0.1, -0.05) is 11.6 Å². The molecule has 2 rings (SSSR count). The highest BCUT2D eigenvalue weighted by Crippen LogP contribution is 2.18. The third-order valence-corrected chi connectivity index (χ3v) is 3.07. The first-order chi connectivity index (χ1) is 8.60. The van der Waals surface area contributed by atoms with E-state index in [1.807, 2.05) is 0 Å². The number of pyridine rings is 1. The summed E-state index contributed by atoms with van der Waals surface area (Å²) >= 11 is 5.81. The highest BCUT2D eigenvalue weighted by Gasteiger charge is 2.23. The van der Waals surface area contributed by atoms with Gasteiger partial charge in [0.1, 0.15) is 11.0 Å². The van der Waals surface area contributed by atoms with E-state index in [-0.39, 0.29) is 11.1 Å². The normalized spacial score (nSPS) is 19.7. The fourth-order valence-electron chi connectivity index (χ4n) is 2.02. The SMILES string of the molecule is NNc1cc(C(=O)N2CCCC(O)C2)cc(Cl)n1. The topological polar surface area (TPSA) is 91.5 Å². The van der Waals surface area contributed by atoms with Crippen molar-refractivity contribution in [3.05, 3.63) is 22.8 Å². The van der Waals surface area contributed by atoms with Gasteiger partial charge in [0, 0.05) is 18.7 Å². The molecule has 0 radical (unpaired) electrons. The van der Waals surface area contributed by atoms with Crippen LogP contribution in [0.15, 0.2) is 12.1 Å². The van der Waals surface area contributed by atoms with Gasteiger partial charge in [0.05, 0.1) is 6.10 Å². The van der Waals surface area contributed by atoms with E-state index in [4.69, 9.17) is 17.4 Å². The molecule has 7 heteroatoms. The molecule has 1 aromatic rings. The van der Waals surface area contributed by atoms with Crippen LogP contribution in [-0.2, 0) is 0 Å². The smallest absolute Gasteiger partial charge is 0.254 e. The molecule has 0 aromatic carbocycles. The summed E-state index contributed by atoms with van der Waals surface area (Å²) in [6, 6.07) is 3.03. The molecular weight excluding hydrogens is 256 g/mol. The Kier molecular flexibility index (Phi) is 4.00. The van der Waals surface area contributed by atoms with Gasteiger partial charge in [-0.3, -0.25) is 4.79 Å². The van der Waals surface area contributed by atoms with Crippen LogP contribution in [0.2, 0.25) is 5.15 Å². The molecular formula is C11H15ClN4O2. The van der Waals surface area contributed by atoms with Gasteiger partial charge in [0.15, 0.2) is 0 Å². The number of hydrogen-bond acceptors (Lipinski definition) is 5. The zero-order valence-corrected chi connectivity index (χ0v) is 10.5. The number of amides is 1. The lowest BCUT2D eigenvalue weighted by atomic mass is 10.1. The molecule has 1 amide bonds. The number of halogens is 1. The molecule has 4 N–H and O–H groups in total. The van der Waals surface area contributed by atoms with Gasteiger partial charge in [0.25, 0.3) is 5.91 Å². The Morgan fingerprint density at radius 1 is 1.61 bits per heavy atom. The highest BCUT2D eigenvalue weighted by molar-refractivity contribution is 6.29. The standard InChI is InChI=1S/C11H15ClN4O2/c12-9-4-7(5-10(14-9)15-13)11(18)16-3-1-2-8(17)6-16/h4-5,8,17H,1-3,6,13H2,(H,14,15). The van der Waals surface area contributed by atoms with Crippen LogP contribution in [0.1, 0.15) is 23.2 Å². The molecule has 6 nitrogen and oxygen atoms in total. The number of carbonyl (C=O) groups is 1. The van der Waals surface area contributed by atoms with Crippen LogP contribution in [0.25, 0.3) is 0 Å². The van der Waals surface area contributed by atoms with Gasteiger partial charge in [0.2, 0.25) is 0 Å². The quantitative estimate of drug-likeness (QED) is 0.416. The molecule has 2 heterocycles. The molecule has 18 heavy (non-hydrogen) atoms. The Morgan fingerprint density at radius 3 is 3.06 bits per heavy atom. The van der Waals surface area contributed by atoms with E-state index in [9.17, 15) is 9.90 Å². The van der Waals surface area contributed by atoms with Crippen molar-refractivity contribution in [3.8, 4) is 0 Å². The first-order valence-electron chi connectivity index (χ1n) is 5.71. The second-order valence-corrected chi connectivity index (χ2v) is 4.64. The average molecular weight is 271 g/mol. The fourth-order valence-corrected chi connectivity index (χ4v) is 2.22. The van der Waals surface area contributed by atoms with Crippen molar-refractivity contribution in [2.24, 2.45) is 5.84 Å². The molecule has 1 unspecified atom stereocenters. The number of hydrazine groups is 1. The van der Waals surface area contributed by atoms with Crippen molar-refractivity contribution >= 4 is 23.3 Å². The average Bonchev–Trinajstić information content (AvgIpc) is 2.37. The van der Waals surface area contributed by atoms with E-state index in [1.54, 1.807) is 4.90 Å². The summed E-state index contributed by atoms with van der Waals surface area (Å²) in [6.45, 7) is 0.991. The molecule has 98 valence electrons. The molecule has 1 atom stereocenters. The highest BCUT2D eigenvalue weighted by atomic mass is 35.5. The van der Waals surface area contributed by atoms with Crippen LogP contribution in [0.4, 0.5) is 5.82 Å². The number of hydrogen-bond donors (Lipinski definition) is 3. The number of aromatic nitrogens is 1. The lowest BCUT2D eigenvalue weighted by molar-refractivity contribution is 0.0473. The van der Waals surface area contributed by atoms with Gasteiger partial charge in [-0.15, -0.1) is 0 Å². The number of nitrogen functional groups attached to an aromatic ring is 1. The molecule has 1 saturated heterocycles. The van der Waals surface area contributed by atoms with Crippen molar-refractivity contribution in [3.63, 3.8) is 0 Å². The minimum Gasteiger partial charge on any atom is -0.391 e. The minimum absolute atomic E-state index is 0.172. The summed E-state index contributed by atoms with van der Waals surface area (Å²) in [5.74, 6) is 5.42. The van der Waals surface area contributed by atoms with Crippen molar-refractivity contribution in [2.75, 3.05) is 18.5 Å². The van der Waals surface area contributed by atoms with Gasteiger partial charge in [-0.2, -0.15) is 0 Å². The summed E-state index contributed by atoms with van der Waals surface area (Å²) in [6.07, 6.45) is 1.08. The minimum atomic E-state index is -0.452. The maximum atomic E-state index is 12.2. The monoisotopic (exact) mass is 270 g/mol.